The molecular formula is C23H18N4OS. The van der Waals surface area contributed by atoms with E-state index in [4.69, 9.17) is 5.41 Å². The Labute approximate surface area is 172 Å². The first kappa shape index (κ1) is 17.7. The van der Waals surface area contributed by atoms with Crippen molar-refractivity contribution in [2.45, 2.75) is 13.8 Å². The van der Waals surface area contributed by atoms with Crippen LogP contribution in [0.1, 0.15) is 17.0 Å². The molecule has 5 rings (SSSR count). The first-order valence-electron chi connectivity index (χ1n) is 9.27. The van der Waals surface area contributed by atoms with Gasteiger partial charge < -0.3 is 4.57 Å². The fourth-order valence-electron chi connectivity index (χ4n) is 3.83. The molecule has 1 amide bonds. The summed E-state index contributed by atoms with van der Waals surface area (Å²) in [6, 6.07) is 16.7. The Bertz CT molecular complexity index is 1300. The second-order valence-electron chi connectivity index (χ2n) is 7.07. The largest absolute Gasteiger partial charge is 0.318 e. The zero-order valence-electron chi connectivity index (χ0n) is 16.0. The number of thioether (sulfide) groups is 1. The fraction of sp³-hybridized carbons (Fsp3) is 0.0870. The molecule has 0 aliphatic carbocycles. The standard InChI is InChI=1S/C23H18N4OS/c1-14-11-18(13-20-21(24)26-9-10-29-23(26)25-22(20)28)15(2)27(14)19-8-7-16-5-3-4-6-17(16)12-19/h3-13,24H,1-2H3/b20-13-,24-21?. The number of hydrogen-bond donors (Lipinski definition) is 1. The summed E-state index contributed by atoms with van der Waals surface area (Å²) in [5.74, 6) is -0.204. The van der Waals surface area contributed by atoms with Crippen LogP contribution in [-0.4, -0.2) is 26.4 Å². The monoisotopic (exact) mass is 398 g/mol. The normalized spacial score (nSPS) is 17.4. The van der Waals surface area contributed by atoms with Gasteiger partial charge in [-0.3, -0.25) is 15.1 Å². The number of aryl methyl sites for hydroxylation is 1. The first-order chi connectivity index (χ1) is 14.0. The van der Waals surface area contributed by atoms with E-state index in [2.05, 4.69) is 39.9 Å². The molecular weight excluding hydrogens is 380 g/mol. The van der Waals surface area contributed by atoms with Crippen molar-refractivity contribution in [1.82, 2.24) is 9.47 Å². The van der Waals surface area contributed by atoms with Crippen LogP contribution < -0.4 is 0 Å². The maximum atomic E-state index is 12.5. The molecule has 1 aromatic heterocycles. The average Bonchev–Trinajstić information content (AvgIpc) is 3.29. The minimum Gasteiger partial charge on any atom is -0.318 e. The van der Waals surface area contributed by atoms with Gasteiger partial charge in [-0.15, -0.1) is 0 Å². The SMILES string of the molecule is Cc1cc(/C=C2/C(=N)N3C=CSC3=NC2=O)c(C)n1-c1ccc2ccccc2c1. The Kier molecular flexibility index (Phi) is 4.03. The molecule has 0 saturated carbocycles. The van der Waals surface area contributed by atoms with Gasteiger partial charge in [-0.25, -0.2) is 0 Å². The van der Waals surface area contributed by atoms with Gasteiger partial charge in [-0.1, -0.05) is 42.1 Å². The van der Waals surface area contributed by atoms with Gasteiger partial charge in [-0.2, -0.15) is 4.99 Å². The van der Waals surface area contributed by atoms with Crippen molar-refractivity contribution in [3.05, 3.63) is 82.7 Å². The van der Waals surface area contributed by atoms with Crippen LogP contribution in [0.15, 0.2) is 70.7 Å². The van der Waals surface area contributed by atoms with E-state index in [1.807, 2.05) is 37.5 Å². The minimum absolute atomic E-state index is 0.164. The first-order valence-corrected chi connectivity index (χ1v) is 10.2. The van der Waals surface area contributed by atoms with Crippen molar-refractivity contribution in [1.29, 1.82) is 5.41 Å². The van der Waals surface area contributed by atoms with E-state index in [9.17, 15) is 4.79 Å². The molecule has 6 heteroatoms. The van der Waals surface area contributed by atoms with Crippen LogP contribution in [0.25, 0.3) is 22.5 Å². The predicted molar refractivity (Wildman–Crippen MR) is 119 cm³/mol. The summed E-state index contributed by atoms with van der Waals surface area (Å²) >= 11 is 1.35. The lowest BCUT2D eigenvalue weighted by Gasteiger charge is -2.22. The number of benzene rings is 2. The number of aromatic nitrogens is 1. The summed E-state index contributed by atoms with van der Waals surface area (Å²) in [4.78, 5) is 18.3. The molecule has 3 aromatic rings. The van der Waals surface area contributed by atoms with Gasteiger partial charge >= 0.3 is 0 Å². The van der Waals surface area contributed by atoms with Crippen LogP contribution in [0.2, 0.25) is 0 Å². The van der Waals surface area contributed by atoms with Gasteiger partial charge in [0.2, 0.25) is 0 Å². The second-order valence-corrected chi connectivity index (χ2v) is 7.95. The van der Waals surface area contributed by atoms with Crippen LogP contribution in [0.3, 0.4) is 0 Å². The minimum atomic E-state index is -0.368. The second kappa shape index (κ2) is 6.60. The lowest BCUT2D eigenvalue weighted by molar-refractivity contribution is -0.114. The highest BCUT2D eigenvalue weighted by Crippen LogP contribution is 2.29. The molecule has 5 nitrogen and oxygen atoms in total. The summed E-state index contributed by atoms with van der Waals surface area (Å²) in [6.45, 7) is 4.08. The van der Waals surface area contributed by atoms with E-state index in [-0.39, 0.29) is 11.7 Å². The number of aliphatic imine (C=N–C) groups is 1. The number of rotatable bonds is 2. The van der Waals surface area contributed by atoms with Crippen LogP contribution >= 0.6 is 11.8 Å². The summed E-state index contributed by atoms with van der Waals surface area (Å²) in [5, 5.41) is 13.2. The molecule has 0 bridgehead atoms. The predicted octanol–water partition coefficient (Wildman–Crippen LogP) is 5.02. The third kappa shape index (κ3) is 2.84. The van der Waals surface area contributed by atoms with Gasteiger partial charge in [0.05, 0.1) is 5.57 Å². The average molecular weight is 398 g/mol. The Morgan fingerprint density at radius 1 is 1.07 bits per heavy atom. The highest BCUT2D eigenvalue weighted by molar-refractivity contribution is 8.16. The molecule has 3 heterocycles. The number of carbonyl (C=O) groups is 1. The molecule has 0 spiro atoms. The Morgan fingerprint density at radius 3 is 2.69 bits per heavy atom. The van der Waals surface area contributed by atoms with Crippen molar-refractivity contribution in [2.24, 2.45) is 4.99 Å². The summed E-state index contributed by atoms with van der Waals surface area (Å²) in [5.41, 5.74) is 4.39. The van der Waals surface area contributed by atoms with Gasteiger partial charge in [0.15, 0.2) is 5.17 Å². The van der Waals surface area contributed by atoms with Crippen LogP contribution in [0.5, 0.6) is 0 Å². The van der Waals surface area contributed by atoms with Gasteiger partial charge in [0.1, 0.15) is 5.84 Å². The zero-order valence-corrected chi connectivity index (χ0v) is 16.8. The van der Waals surface area contributed by atoms with Gasteiger partial charge in [0, 0.05) is 23.3 Å². The highest BCUT2D eigenvalue weighted by atomic mass is 32.2. The van der Waals surface area contributed by atoms with E-state index in [0.717, 1.165) is 22.6 Å². The summed E-state index contributed by atoms with van der Waals surface area (Å²) in [6.07, 6.45) is 3.55. The van der Waals surface area contributed by atoms with E-state index >= 15 is 0 Å². The fourth-order valence-corrected chi connectivity index (χ4v) is 4.54. The van der Waals surface area contributed by atoms with Crippen molar-refractivity contribution in [3.8, 4) is 5.69 Å². The molecule has 0 radical (unpaired) electrons. The summed E-state index contributed by atoms with van der Waals surface area (Å²) < 4.78 is 2.18. The Morgan fingerprint density at radius 2 is 1.86 bits per heavy atom. The van der Waals surface area contributed by atoms with Crippen LogP contribution in [-0.2, 0) is 4.79 Å². The topological polar surface area (TPSA) is 61.5 Å². The molecule has 0 saturated heterocycles. The maximum absolute atomic E-state index is 12.5. The molecule has 2 aromatic carbocycles. The third-order valence-electron chi connectivity index (χ3n) is 5.27. The number of hydrogen-bond acceptors (Lipinski definition) is 3. The lowest BCUT2D eigenvalue weighted by Crippen LogP contribution is -2.35. The van der Waals surface area contributed by atoms with E-state index in [0.29, 0.717) is 10.7 Å². The van der Waals surface area contributed by atoms with Crippen molar-refractivity contribution < 1.29 is 4.79 Å². The number of amides is 1. The van der Waals surface area contributed by atoms with Crippen molar-refractivity contribution >= 4 is 45.5 Å². The van der Waals surface area contributed by atoms with Crippen molar-refractivity contribution in [3.63, 3.8) is 0 Å². The smallest absolute Gasteiger partial charge is 0.283 e. The van der Waals surface area contributed by atoms with Crippen LogP contribution in [0.4, 0.5) is 0 Å². The van der Waals surface area contributed by atoms with Gasteiger partial charge in [0.25, 0.3) is 5.91 Å². The molecule has 29 heavy (non-hydrogen) atoms. The molecule has 0 atom stereocenters. The summed E-state index contributed by atoms with van der Waals surface area (Å²) in [7, 11) is 0. The molecule has 0 fully saturated rings. The quantitative estimate of drug-likeness (QED) is 0.616. The number of carbonyl (C=O) groups excluding carboxylic acids is 1. The number of fused-ring (bicyclic) bond motifs is 2. The van der Waals surface area contributed by atoms with Crippen LogP contribution in [0, 0.1) is 19.3 Å². The zero-order chi connectivity index (χ0) is 20.1. The highest BCUT2D eigenvalue weighted by Gasteiger charge is 2.31. The molecule has 1 N–H and O–H groups in total. The van der Waals surface area contributed by atoms with E-state index in [1.165, 1.54) is 22.5 Å². The lowest BCUT2D eigenvalue weighted by atomic mass is 10.1. The van der Waals surface area contributed by atoms with Crippen molar-refractivity contribution in [2.75, 3.05) is 0 Å². The molecule has 142 valence electrons. The molecule has 2 aliphatic heterocycles. The van der Waals surface area contributed by atoms with E-state index < -0.39 is 0 Å². The number of nitrogens with one attached hydrogen (secondary N) is 1. The maximum Gasteiger partial charge on any atom is 0.283 e. The third-order valence-corrected chi connectivity index (χ3v) is 6.03. The number of amidine groups is 2. The van der Waals surface area contributed by atoms with E-state index in [1.54, 1.807) is 17.2 Å². The van der Waals surface area contributed by atoms with Gasteiger partial charge in [-0.05, 0) is 59.9 Å². The molecule has 2 aliphatic rings. The number of nitrogens with zero attached hydrogens (tertiary/aromatic N) is 3. The Balaban J connectivity index is 1.59. The Hall–Kier alpha value is -3.38. The molecule has 0 unspecified atom stereocenters.